The molecule has 1 heterocycles. The van der Waals surface area contributed by atoms with Crippen LogP contribution in [0.5, 0.6) is 5.75 Å². The van der Waals surface area contributed by atoms with Crippen LogP contribution in [0.2, 0.25) is 10.0 Å². The number of aliphatic imine (C=N–C) groups is 1. The van der Waals surface area contributed by atoms with E-state index in [1.165, 1.54) is 0 Å². The number of carbonyl (C=O) groups is 2. The van der Waals surface area contributed by atoms with Gasteiger partial charge in [0.15, 0.2) is 5.96 Å². The smallest absolute Gasteiger partial charge is 0.322 e. The Hall–Kier alpha value is -3.87. The van der Waals surface area contributed by atoms with Crippen molar-refractivity contribution in [3.63, 3.8) is 0 Å². The van der Waals surface area contributed by atoms with Crippen LogP contribution in [-0.4, -0.2) is 55.4 Å². The third-order valence-corrected chi connectivity index (χ3v) is 7.20. The second kappa shape index (κ2) is 14.9. The third kappa shape index (κ3) is 8.57. The molecule has 222 valence electrons. The van der Waals surface area contributed by atoms with Gasteiger partial charge in [-0.05, 0) is 41.5 Å². The van der Waals surface area contributed by atoms with Crippen molar-refractivity contribution in [2.75, 3.05) is 26.4 Å². The van der Waals surface area contributed by atoms with E-state index in [9.17, 15) is 14.7 Å². The number of hydrogen-bond donors (Lipinski definition) is 6. The number of carboxylic acid groups (broad SMARTS) is 1. The average Bonchev–Trinajstić information content (AvgIpc) is 2.96. The zero-order valence-electron chi connectivity index (χ0n) is 22.6. The number of carboxylic acids is 1. The van der Waals surface area contributed by atoms with E-state index in [1.54, 1.807) is 30.3 Å². The van der Waals surface area contributed by atoms with Gasteiger partial charge in [-0.15, -0.1) is 0 Å². The van der Waals surface area contributed by atoms with E-state index in [0.29, 0.717) is 40.1 Å². The molecule has 0 fully saturated rings. The number of rotatable bonds is 13. The number of nitrogens with one attached hydrogen (secondary N) is 3. The summed E-state index contributed by atoms with van der Waals surface area (Å²) in [6.45, 7) is 0.266. The van der Waals surface area contributed by atoms with Gasteiger partial charge < -0.3 is 36.7 Å². The molecular weight excluding hydrogens is 583 g/mol. The Bertz CT molecular complexity index is 1410. The van der Waals surface area contributed by atoms with Crippen LogP contribution < -0.4 is 32.2 Å². The summed E-state index contributed by atoms with van der Waals surface area (Å²) in [5.41, 5.74) is 14.8. The number of guanidine groups is 1. The Morgan fingerprint density at radius 3 is 2.50 bits per heavy atom. The number of fused-ring (bicyclic) bond motifs is 1. The van der Waals surface area contributed by atoms with Gasteiger partial charge in [-0.1, -0.05) is 53.5 Å². The number of nitrogens with two attached hydrogens (primary N) is 2. The number of hydrogen-bond acceptors (Lipinski definition) is 7. The van der Waals surface area contributed by atoms with Crippen molar-refractivity contribution in [3.8, 4) is 16.9 Å². The first-order valence-electron chi connectivity index (χ1n) is 13.1. The van der Waals surface area contributed by atoms with Crippen LogP contribution in [0.3, 0.4) is 0 Å². The molecule has 0 spiro atoms. The summed E-state index contributed by atoms with van der Waals surface area (Å²) in [5, 5.41) is 19.1. The minimum absolute atomic E-state index is 0.0323. The molecule has 2 atom stereocenters. The lowest BCUT2D eigenvalue weighted by Gasteiger charge is -2.27. The highest BCUT2D eigenvalue weighted by molar-refractivity contribution is 6.36. The van der Waals surface area contributed by atoms with Crippen LogP contribution in [0.25, 0.3) is 11.1 Å². The second-order valence-corrected chi connectivity index (χ2v) is 10.3. The minimum Gasteiger partial charge on any atom is -0.493 e. The number of nitrogens with zero attached hydrogens (tertiary/aromatic N) is 1. The molecule has 3 aromatic rings. The van der Waals surface area contributed by atoms with E-state index < -0.39 is 12.0 Å². The summed E-state index contributed by atoms with van der Waals surface area (Å²) < 4.78 is 11.3. The molecule has 0 saturated heterocycles. The number of halogens is 2. The predicted octanol–water partition coefficient (Wildman–Crippen LogP) is 3.31. The van der Waals surface area contributed by atoms with E-state index >= 15 is 0 Å². The lowest BCUT2D eigenvalue weighted by molar-refractivity contribution is -0.140. The topological polar surface area (TPSA) is 173 Å². The molecule has 42 heavy (non-hydrogen) atoms. The standard InChI is InChI=1S/C29H32Cl2N6O5/c30-22-10-18(17-4-2-1-3-5-17)11-23(31)21(22)15-41-16-36-25(28(39)40)13-35-27(38)14-34-24-8-9-42-26-7-6-19(12-20(24)26)37-29(32)33/h1-7,10-12,24-25,34,36H,8-9,13-16H2,(H,35,38)(H,39,40)(H4,32,33,37)/t24?,25-/m0/s1. The van der Waals surface area contributed by atoms with Crippen molar-refractivity contribution >= 4 is 46.7 Å². The Morgan fingerprint density at radius 2 is 1.81 bits per heavy atom. The van der Waals surface area contributed by atoms with Crippen molar-refractivity contribution in [2.45, 2.75) is 25.1 Å². The maximum absolute atomic E-state index is 12.5. The molecule has 0 saturated carbocycles. The Labute approximate surface area is 253 Å². The van der Waals surface area contributed by atoms with Gasteiger partial charge in [0.25, 0.3) is 0 Å². The maximum Gasteiger partial charge on any atom is 0.322 e. The molecule has 1 aliphatic heterocycles. The molecule has 1 aliphatic rings. The van der Waals surface area contributed by atoms with Gasteiger partial charge in [0.1, 0.15) is 11.8 Å². The highest BCUT2D eigenvalue weighted by Gasteiger charge is 2.23. The highest BCUT2D eigenvalue weighted by Crippen LogP contribution is 2.35. The Balaban J connectivity index is 1.23. The number of benzene rings is 3. The number of amides is 1. The summed E-state index contributed by atoms with van der Waals surface area (Å²) in [7, 11) is 0. The fourth-order valence-corrected chi connectivity index (χ4v) is 5.00. The maximum atomic E-state index is 12.5. The van der Waals surface area contributed by atoms with Crippen molar-refractivity contribution in [1.82, 2.24) is 16.0 Å². The Kier molecular flexibility index (Phi) is 11.0. The first kappa shape index (κ1) is 31.1. The molecule has 0 aliphatic carbocycles. The van der Waals surface area contributed by atoms with Gasteiger partial charge in [0, 0.05) is 40.2 Å². The second-order valence-electron chi connectivity index (χ2n) is 9.51. The summed E-state index contributed by atoms with van der Waals surface area (Å²) in [5.74, 6) is -0.888. The zero-order valence-corrected chi connectivity index (χ0v) is 24.1. The van der Waals surface area contributed by atoms with Gasteiger partial charge in [-0.3, -0.25) is 14.9 Å². The van der Waals surface area contributed by atoms with Crippen molar-refractivity contribution in [2.24, 2.45) is 16.5 Å². The SMILES string of the molecule is NC(N)=Nc1ccc2c(c1)C(NCC(=O)NC[C@H](NCOCc1c(Cl)cc(-c3ccccc3)cc1Cl)C(=O)O)CCO2. The first-order valence-corrected chi connectivity index (χ1v) is 13.9. The minimum atomic E-state index is -1.14. The third-order valence-electron chi connectivity index (χ3n) is 6.53. The normalized spacial score (nSPS) is 14.8. The molecule has 0 bridgehead atoms. The van der Waals surface area contributed by atoms with E-state index in [2.05, 4.69) is 20.9 Å². The number of ether oxygens (including phenoxy) is 2. The quantitative estimate of drug-likeness (QED) is 0.0730. The van der Waals surface area contributed by atoms with Crippen molar-refractivity contribution in [1.29, 1.82) is 0 Å². The lowest BCUT2D eigenvalue weighted by atomic mass is 10.00. The average molecular weight is 616 g/mol. The van der Waals surface area contributed by atoms with Crippen LogP contribution in [0.15, 0.2) is 65.7 Å². The summed E-state index contributed by atoms with van der Waals surface area (Å²) in [4.78, 5) is 28.3. The van der Waals surface area contributed by atoms with Crippen molar-refractivity contribution in [3.05, 3.63) is 81.8 Å². The predicted molar refractivity (Wildman–Crippen MR) is 162 cm³/mol. The number of carbonyl (C=O) groups excluding carboxylic acids is 1. The highest BCUT2D eigenvalue weighted by atomic mass is 35.5. The van der Waals surface area contributed by atoms with E-state index in [1.807, 2.05) is 30.3 Å². The molecule has 3 aromatic carbocycles. The van der Waals surface area contributed by atoms with Crippen LogP contribution in [0.1, 0.15) is 23.6 Å². The molecule has 4 rings (SSSR count). The van der Waals surface area contributed by atoms with Crippen LogP contribution in [0, 0.1) is 0 Å². The first-order chi connectivity index (χ1) is 20.2. The van der Waals surface area contributed by atoms with Crippen LogP contribution in [-0.2, 0) is 20.9 Å². The van der Waals surface area contributed by atoms with Gasteiger partial charge in [0.05, 0.1) is 32.2 Å². The monoisotopic (exact) mass is 614 g/mol. The fourth-order valence-electron chi connectivity index (χ4n) is 4.40. The summed E-state index contributed by atoms with van der Waals surface area (Å²) >= 11 is 12.9. The molecule has 1 unspecified atom stereocenters. The number of aliphatic carboxylic acids is 1. The van der Waals surface area contributed by atoms with E-state index in [0.717, 1.165) is 16.7 Å². The van der Waals surface area contributed by atoms with Crippen molar-refractivity contribution < 1.29 is 24.2 Å². The zero-order chi connectivity index (χ0) is 30.1. The van der Waals surface area contributed by atoms with Crippen LogP contribution >= 0.6 is 23.2 Å². The van der Waals surface area contributed by atoms with Gasteiger partial charge in [0.2, 0.25) is 5.91 Å². The Morgan fingerprint density at radius 1 is 1.07 bits per heavy atom. The lowest BCUT2D eigenvalue weighted by Crippen LogP contribution is -2.48. The summed E-state index contributed by atoms with van der Waals surface area (Å²) in [6, 6.07) is 17.4. The van der Waals surface area contributed by atoms with Gasteiger partial charge in [-0.2, -0.15) is 0 Å². The molecule has 0 aromatic heterocycles. The van der Waals surface area contributed by atoms with Crippen LogP contribution in [0.4, 0.5) is 5.69 Å². The molecule has 1 amide bonds. The summed E-state index contributed by atoms with van der Waals surface area (Å²) in [6.07, 6.45) is 0.630. The van der Waals surface area contributed by atoms with Gasteiger partial charge >= 0.3 is 5.97 Å². The van der Waals surface area contributed by atoms with E-state index in [4.69, 9.17) is 44.1 Å². The molecule has 13 heteroatoms. The molecular formula is C29H32Cl2N6O5. The molecule has 0 radical (unpaired) electrons. The molecule has 8 N–H and O–H groups in total. The van der Waals surface area contributed by atoms with E-state index in [-0.39, 0.29) is 44.3 Å². The largest absolute Gasteiger partial charge is 0.493 e. The van der Waals surface area contributed by atoms with Gasteiger partial charge in [-0.25, -0.2) is 4.99 Å². The molecule has 11 nitrogen and oxygen atoms in total. The fraction of sp³-hybridized carbons (Fsp3) is 0.276.